The Morgan fingerprint density at radius 3 is 2.42 bits per heavy atom. The number of hydrogen-bond acceptors (Lipinski definition) is 10. The maximum absolute atomic E-state index is 12.6. The van der Waals surface area contributed by atoms with Gasteiger partial charge in [0.05, 0.1) is 19.1 Å². The minimum absolute atomic E-state index is 0.109. The normalized spacial score (nSPS) is 23.6. The molecule has 0 aliphatic carbocycles. The second-order valence-corrected chi connectivity index (χ2v) is 12.3. The van der Waals surface area contributed by atoms with E-state index in [9.17, 15) is 4.57 Å². The van der Waals surface area contributed by atoms with Crippen LogP contribution < -0.4 is 5.32 Å². The molecule has 10 nitrogen and oxygen atoms in total. The quantitative estimate of drug-likeness (QED) is 0.151. The van der Waals surface area contributed by atoms with Gasteiger partial charge in [0.1, 0.15) is 26.2 Å². The zero-order chi connectivity index (χ0) is 27.3. The van der Waals surface area contributed by atoms with Gasteiger partial charge in [-0.15, -0.1) is 0 Å². The van der Waals surface area contributed by atoms with Crippen LogP contribution >= 0.6 is 16.1 Å². The van der Waals surface area contributed by atoms with Crippen molar-refractivity contribution in [2.24, 2.45) is 0 Å². The lowest BCUT2D eigenvalue weighted by atomic mass is 9.93. The van der Waals surface area contributed by atoms with Crippen LogP contribution in [-0.4, -0.2) is 82.9 Å². The molecule has 36 heavy (non-hydrogen) atoms. The van der Waals surface area contributed by atoms with Crippen LogP contribution in [0.2, 0.25) is 0 Å². The monoisotopic (exact) mass is 545 g/mol. The first-order valence-corrected chi connectivity index (χ1v) is 14.8. The van der Waals surface area contributed by atoms with E-state index in [1.54, 1.807) is 6.08 Å². The van der Waals surface area contributed by atoms with Gasteiger partial charge in [-0.05, 0) is 47.1 Å². The van der Waals surface area contributed by atoms with Crippen molar-refractivity contribution in [3.8, 4) is 6.07 Å². The summed E-state index contributed by atoms with van der Waals surface area (Å²) in [6, 6.07) is 1.53. The van der Waals surface area contributed by atoms with Gasteiger partial charge in [0.25, 0.3) is 8.53 Å². The molecule has 204 valence electrons. The highest BCUT2D eigenvalue weighted by molar-refractivity contribution is 7.57. The van der Waals surface area contributed by atoms with E-state index in [-0.39, 0.29) is 25.1 Å². The molecule has 2 radical (unpaired) electrons. The molecule has 13 heteroatoms. The van der Waals surface area contributed by atoms with Crippen LogP contribution in [0.25, 0.3) is 0 Å². The molecule has 0 aromatic heterocycles. The van der Waals surface area contributed by atoms with Crippen molar-refractivity contribution in [3.63, 3.8) is 0 Å². The second kappa shape index (κ2) is 16.9. The number of nitrogens with zero attached hydrogens (tertiary/aromatic N) is 2. The zero-order valence-electron chi connectivity index (χ0n) is 22.6. The van der Waals surface area contributed by atoms with Gasteiger partial charge in [0.15, 0.2) is 0 Å². The summed E-state index contributed by atoms with van der Waals surface area (Å²) in [4.78, 5) is 0. The van der Waals surface area contributed by atoms with Crippen LogP contribution in [0.5, 0.6) is 0 Å². The molecule has 0 bridgehead atoms. The fraction of sp³-hybridized carbons (Fsp3) is 0.783. The molecule has 5 atom stereocenters. The third kappa shape index (κ3) is 10.9. The van der Waals surface area contributed by atoms with Gasteiger partial charge in [-0.1, -0.05) is 6.58 Å². The molecule has 0 aromatic carbocycles. The molecule has 0 saturated carbocycles. The van der Waals surface area contributed by atoms with E-state index in [1.165, 1.54) is 20.0 Å². The average Bonchev–Trinajstić information content (AvgIpc) is 3.10. The minimum atomic E-state index is -3.43. The van der Waals surface area contributed by atoms with Gasteiger partial charge < -0.3 is 32.9 Å². The van der Waals surface area contributed by atoms with E-state index in [1.807, 2.05) is 6.92 Å². The molecule has 1 aliphatic heterocycles. The maximum Gasteiger partial charge on any atom is 0.353 e. The fourth-order valence-electron chi connectivity index (χ4n) is 3.55. The zero-order valence-corrected chi connectivity index (χ0v) is 24.4. The summed E-state index contributed by atoms with van der Waals surface area (Å²) < 4.78 is 49.4. The van der Waals surface area contributed by atoms with Gasteiger partial charge in [-0.25, -0.2) is 4.67 Å². The van der Waals surface area contributed by atoms with Crippen molar-refractivity contribution in [3.05, 3.63) is 24.2 Å². The molecular formula is C23H42BN3O7P2. The lowest BCUT2D eigenvalue weighted by Crippen LogP contribution is -2.40. The van der Waals surface area contributed by atoms with Crippen LogP contribution in [0.3, 0.4) is 0 Å². The topological polar surface area (TPSA) is 112 Å². The number of rotatable bonds is 18. The van der Waals surface area contributed by atoms with Gasteiger partial charge in [-0.3, -0.25) is 4.57 Å². The lowest BCUT2D eigenvalue weighted by Gasteiger charge is -2.38. The van der Waals surface area contributed by atoms with Crippen molar-refractivity contribution in [1.29, 1.82) is 5.26 Å². The third-order valence-corrected chi connectivity index (χ3v) is 8.87. The minimum Gasteiger partial charge on any atom is -0.389 e. The van der Waals surface area contributed by atoms with Crippen molar-refractivity contribution in [1.82, 2.24) is 9.99 Å². The van der Waals surface area contributed by atoms with E-state index in [0.717, 1.165) is 12.1 Å². The third-order valence-electron chi connectivity index (χ3n) is 5.19. The largest absolute Gasteiger partial charge is 0.389 e. The number of hydrogen-bond donors (Lipinski definition) is 1. The smallest absolute Gasteiger partial charge is 0.353 e. The van der Waals surface area contributed by atoms with Crippen LogP contribution in [0.15, 0.2) is 24.2 Å². The molecular weight excluding hydrogens is 503 g/mol. The summed E-state index contributed by atoms with van der Waals surface area (Å²) in [5.74, 6) is 1.33. The predicted octanol–water partition coefficient (Wildman–Crippen LogP) is 4.44. The van der Waals surface area contributed by atoms with Crippen LogP contribution in [-0.2, 0) is 32.1 Å². The van der Waals surface area contributed by atoms with Gasteiger partial charge >= 0.3 is 7.60 Å². The Bertz CT molecular complexity index is 765. The van der Waals surface area contributed by atoms with Crippen LogP contribution in [0.1, 0.15) is 47.5 Å². The summed E-state index contributed by atoms with van der Waals surface area (Å²) in [6.07, 6.45) is 0.561. The average molecular weight is 545 g/mol. The van der Waals surface area contributed by atoms with Gasteiger partial charge in [0, 0.05) is 57.0 Å². The molecule has 0 amide bonds. The molecule has 1 heterocycles. The van der Waals surface area contributed by atoms with Gasteiger partial charge in [-0.2, -0.15) is 5.26 Å². The van der Waals surface area contributed by atoms with E-state index in [4.69, 9.17) is 40.7 Å². The predicted molar refractivity (Wildman–Crippen MR) is 142 cm³/mol. The number of nitriles is 1. The summed E-state index contributed by atoms with van der Waals surface area (Å²) >= 11 is 0. The fourth-order valence-corrected chi connectivity index (χ4v) is 6.08. The summed E-state index contributed by atoms with van der Waals surface area (Å²) in [7, 11) is 3.89. The molecule has 0 spiro atoms. The number of allylic oxidation sites excluding steroid dienone is 1. The highest BCUT2D eigenvalue weighted by atomic mass is 31.2. The van der Waals surface area contributed by atoms with E-state index in [0.29, 0.717) is 13.2 Å². The summed E-state index contributed by atoms with van der Waals surface area (Å²) in [6.45, 7) is 15.3. The second-order valence-electron chi connectivity index (χ2n) is 8.82. The molecule has 1 saturated heterocycles. The Balaban J connectivity index is 3.20. The Morgan fingerprint density at radius 1 is 1.25 bits per heavy atom. The SMILES string of the molecule is [B][C@@H]1O[C@H](/C=C/P(=O)(OC)OC)[C@@H](OP(OCCC#N)N(C(C)C)C(C)C)[C@H]1OCCCNC(=C)C. The number of ether oxygens (including phenoxy) is 2. The van der Waals surface area contributed by atoms with E-state index < -0.39 is 40.4 Å². The lowest BCUT2D eigenvalue weighted by molar-refractivity contribution is -0.0161. The molecule has 1 rings (SSSR count). The standard InChI is InChI=1S/C23H42BN3O7P2/c1-17(2)26-13-10-14-31-22-21(20(33-23(22)24)11-16-36(28,29-7)30-8)34-35(32-15-9-12-25)27(18(3)4)19(5)6/h11,16,18-23,26H,1,9-10,13-15H2,2-8H3/b16-11+/t20-,21-,22-,23-,35?/m1/s1. The summed E-state index contributed by atoms with van der Waals surface area (Å²) in [5, 5.41) is 12.2. The van der Waals surface area contributed by atoms with Crippen molar-refractivity contribution in [2.45, 2.75) is 83.9 Å². The Hall–Kier alpha value is -0.785. The first-order chi connectivity index (χ1) is 17.0. The Morgan fingerprint density at radius 2 is 1.89 bits per heavy atom. The van der Waals surface area contributed by atoms with Crippen LogP contribution in [0.4, 0.5) is 0 Å². The highest BCUT2D eigenvalue weighted by Crippen LogP contribution is 2.51. The molecule has 1 fully saturated rings. The highest BCUT2D eigenvalue weighted by Gasteiger charge is 2.46. The van der Waals surface area contributed by atoms with E-state index >= 15 is 0 Å². The number of nitrogens with one attached hydrogen (secondary N) is 1. The summed E-state index contributed by atoms with van der Waals surface area (Å²) in [5.41, 5.74) is 0.880. The molecule has 0 aromatic rings. The first-order valence-electron chi connectivity index (χ1n) is 12.1. The van der Waals surface area contributed by atoms with E-state index in [2.05, 4.69) is 50.3 Å². The molecule has 1 N–H and O–H groups in total. The van der Waals surface area contributed by atoms with Crippen molar-refractivity contribution >= 4 is 24.0 Å². The molecule has 1 unspecified atom stereocenters. The van der Waals surface area contributed by atoms with Gasteiger partial charge in [0.2, 0.25) is 0 Å². The first kappa shape index (κ1) is 33.2. The van der Waals surface area contributed by atoms with Crippen LogP contribution in [0, 0.1) is 11.3 Å². The Kier molecular flexibility index (Phi) is 15.6. The molecule has 1 aliphatic rings. The van der Waals surface area contributed by atoms with Crippen molar-refractivity contribution in [2.75, 3.05) is 34.0 Å². The van der Waals surface area contributed by atoms with Crippen molar-refractivity contribution < 1.29 is 32.1 Å². The Labute approximate surface area is 219 Å². The maximum atomic E-state index is 12.6.